The lowest BCUT2D eigenvalue weighted by atomic mass is 9.91. The second-order valence-corrected chi connectivity index (χ2v) is 8.80. The lowest BCUT2D eigenvalue weighted by Crippen LogP contribution is -2.29. The van der Waals surface area contributed by atoms with Gasteiger partial charge < -0.3 is 10.3 Å². The molecule has 166 valence electrons. The molecule has 9 heteroatoms. The van der Waals surface area contributed by atoms with Crippen LogP contribution in [0.3, 0.4) is 0 Å². The number of aromatic nitrogens is 4. The minimum atomic E-state index is -0.825. The summed E-state index contributed by atoms with van der Waals surface area (Å²) in [7, 11) is 0. The van der Waals surface area contributed by atoms with Crippen LogP contribution in [0, 0.1) is 5.82 Å². The number of aromatic amines is 1. The van der Waals surface area contributed by atoms with Gasteiger partial charge in [-0.05, 0) is 49.7 Å². The predicted molar refractivity (Wildman–Crippen MR) is 123 cm³/mol. The Labute approximate surface area is 193 Å². The predicted octanol–water partition coefficient (Wildman–Crippen LogP) is 5.90. The van der Waals surface area contributed by atoms with Crippen LogP contribution in [-0.4, -0.2) is 39.5 Å². The summed E-state index contributed by atoms with van der Waals surface area (Å²) >= 11 is 12.5. The summed E-state index contributed by atoms with van der Waals surface area (Å²) in [5.74, 6) is -1.46. The molecular weight excluding hydrogens is 455 g/mol. The first-order valence-corrected chi connectivity index (χ1v) is 11.2. The zero-order valence-corrected chi connectivity index (χ0v) is 18.6. The molecule has 0 saturated carbocycles. The van der Waals surface area contributed by atoms with Crippen LogP contribution in [0.5, 0.6) is 0 Å². The van der Waals surface area contributed by atoms with Gasteiger partial charge in [-0.1, -0.05) is 23.2 Å². The highest BCUT2D eigenvalue weighted by Gasteiger charge is 2.25. The largest absolute Gasteiger partial charge is 0.346 e. The zero-order valence-electron chi connectivity index (χ0n) is 17.1. The second kappa shape index (κ2) is 8.81. The summed E-state index contributed by atoms with van der Waals surface area (Å²) in [6, 6.07) is 4.90. The summed E-state index contributed by atoms with van der Waals surface area (Å²) in [5, 5.41) is 8.71. The van der Waals surface area contributed by atoms with Crippen LogP contribution >= 0.6 is 23.2 Å². The third-order valence-electron chi connectivity index (χ3n) is 6.14. The number of pyridine rings is 1. The van der Waals surface area contributed by atoms with Gasteiger partial charge in [0.25, 0.3) is 0 Å². The quantitative estimate of drug-likeness (QED) is 0.353. The molecule has 5 rings (SSSR count). The van der Waals surface area contributed by atoms with Crippen molar-refractivity contribution in [1.29, 1.82) is 0 Å². The molecule has 4 heterocycles. The minimum absolute atomic E-state index is 0.165. The van der Waals surface area contributed by atoms with Gasteiger partial charge in [-0.2, -0.15) is 5.10 Å². The van der Waals surface area contributed by atoms with Gasteiger partial charge in [0, 0.05) is 51.6 Å². The molecule has 1 atom stereocenters. The molecule has 5 nitrogen and oxygen atoms in total. The number of benzene rings is 1. The summed E-state index contributed by atoms with van der Waals surface area (Å²) in [6.45, 7) is 1.18. The molecule has 0 unspecified atom stereocenters. The average Bonchev–Trinajstić information content (AvgIpc) is 3.47. The standard InChI is InChI=1S/C23H21Cl2F2N5/c24-19-1-2-20(27)22(25)21(19)17(8-26)18-11-30-23-16(18)7-13(9-29-23)14-10-31-32(12-14)15-3-5-28-6-4-15/h1-2,7,9-12,15,17,28H,3-6,8H2,(H,29,30)/t17-/m0/s1. The Morgan fingerprint density at radius 3 is 2.75 bits per heavy atom. The number of nitrogens with one attached hydrogen (secondary N) is 2. The van der Waals surface area contributed by atoms with Gasteiger partial charge in [0.05, 0.1) is 17.3 Å². The van der Waals surface area contributed by atoms with Crippen molar-refractivity contribution in [2.24, 2.45) is 0 Å². The fraction of sp³-hybridized carbons (Fsp3) is 0.304. The zero-order chi connectivity index (χ0) is 22.2. The number of piperidine rings is 1. The molecular formula is C23H21Cl2F2N5. The highest BCUT2D eigenvalue weighted by molar-refractivity contribution is 6.36. The fourth-order valence-corrected chi connectivity index (χ4v) is 5.04. The number of hydrogen-bond acceptors (Lipinski definition) is 3. The first-order chi connectivity index (χ1) is 15.6. The van der Waals surface area contributed by atoms with Crippen LogP contribution in [-0.2, 0) is 0 Å². The number of fused-ring (bicyclic) bond motifs is 1. The molecule has 3 aromatic heterocycles. The number of H-pyrrole nitrogens is 1. The van der Waals surface area contributed by atoms with Crippen molar-refractivity contribution >= 4 is 34.2 Å². The van der Waals surface area contributed by atoms with E-state index in [1.165, 1.54) is 12.1 Å². The maximum Gasteiger partial charge on any atom is 0.142 e. The molecule has 32 heavy (non-hydrogen) atoms. The van der Waals surface area contributed by atoms with Gasteiger partial charge in [0.15, 0.2) is 0 Å². The molecule has 2 N–H and O–H groups in total. The van der Waals surface area contributed by atoms with Crippen molar-refractivity contribution < 1.29 is 8.78 Å². The van der Waals surface area contributed by atoms with E-state index in [0.717, 1.165) is 42.4 Å². The van der Waals surface area contributed by atoms with E-state index in [0.29, 0.717) is 17.3 Å². The third kappa shape index (κ3) is 3.78. The number of nitrogens with zero attached hydrogens (tertiary/aromatic N) is 3. The lowest BCUT2D eigenvalue weighted by Gasteiger charge is -2.22. The Hall–Kier alpha value is -2.48. The van der Waals surface area contributed by atoms with Crippen LogP contribution in [0.25, 0.3) is 22.2 Å². The van der Waals surface area contributed by atoms with Crippen LogP contribution in [0.4, 0.5) is 8.78 Å². The minimum Gasteiger partial charge on any atom is -0.346 e. The highest BCUT2D eigenvalue weighted by Crippen LogP contribution is 2.40. The number of alkyl halides is 1. The summed E-state index contributed by atoms with van der Waals surface area (Å²) < 4.78 is 30.4. The van der Waals surface area contributed by atoms with Crippen molar-refractivity contribution in [2.45, 2.75) is 24.8 Å². The van der Waals surface area contributed by atoms with E-state index >= 15 is 0 Å². The van der Waals surface area contributed by atoms with Crippen LogP contribution < -0.4 is 5.32 Å². The molecule has 1 saturated heterocycles. The first-order valence-electron chi connectivity index (χ1n) is 10.5. The van der Waals surface area contributed by atoms with E-state index < -0.39 is 18.4 Å². The maximum atomic E-state index is 14.3. The maximum absolute atomic E-state index is 14.3. The Morgan fingerprint density at radius 2 is 1.97 bits per heavy atom. The molecule has 0 amide bonds. The van der Waals surface area contributed by atoms with E-state index in [1.807, 2.05) is 23.1 Å². The van der Waals surface area contributed by atoms with Gasteiger partial charge in [-0.15, -0.1) is 0 Å². The summed E-state index contributed by atoms with van der Waals surface area (Å²) in [4.78, 5) is 7.58. The Bertz CT molecular complexity index is 1260. The first kappa shape index (κ1) is 21.4. The molecule has 0 radical (unpaired) electrons. The number of halogens is 4. The number of rotatable bonds is 5. The lowest BCUT2D eigenvalue weighted by molar-refractivity contribution is 0.343. The molecule has 4 aromatic rings. The van der Waals surface area contributed by atoms with Crippen LogP contribution in [0.2, 0.25) is 10.0 Å². The molecule has 1 aliphatic rings. The van der Waals surface area contributed by atoms with Gasteiger partial charge in [-0.25, -0.2) is 9.37 Å². The van der Waals surface area contributed by atoms with Crippen molar-refractivity contribution in [3.8, 4) is 11.1 Å². The monoisotopic (exact) mass is 475 g/mol. The fourth-order valence-electron chi connectivity index (χ4n) is 4.41. The molecule has 1 fully saturated rings. The van der Waals surface area contributed by atoms with E-state index in [2.05, 4.69) is 20.4 Å². The normalized spacial score (nSPS) is 16.0. The van der Waals surface area contributed by atoms with Gasteiger partial charge >= 0.3 is 0 Å². The number of hydrogen-bond donors (Lipinski definition) is 2. The van der Waals surface area contributed by atoms with Crippen LogP contribution in [0.15, 0.2) is 43.0 Å². The SMILES string of the molecule is FC[C@H](c1c(Cl)ccc(F)c1Cl)c1c[nH]c2ncc(-c3cnn(C4CCNCC4)c3)cc12. The molecule has 1 aromatic carbocycles. The smallest absolute Gasteiger partial charge is 0.142 e. The van der Waals surface area contributed by atoms with E-state index in [1.54, 1.807) is 12.4 Å². The van der Waals surface area contributed by atoms with Gasteiger partial charge in [-0.3, -0.25) is 9.07 Å². The van der Waals surface area contributed by atoms with Crippen molar-refractivity contribution in [2.75, 3.05) is 19.8 Å². The van der Waals surface area contributed by atoms with Gasteiger partial charge in [0.2, 0.25) is 0 Å². The van der Waals surface area contributed by atoms with E-state index in [-0.39, 0.29) is 15.6 Å². The summed E-state index contributed by atoms with van der Waals surface area (Å²) in [5.41, 5.74) is 3.27. The van der Waals surface area contributed by atoms with Crippen LogP contribution in [0.1, 0.15) is 35.9 Å². The third-order valence-corrected chi connectivity index (χ3v) is 6.85. The average molecular weight is 476 g/mol. The summed E-state index contributed by atoms with van der Waals surface area (Å²) in [6.07, 6.45) is 9.37. The molecule has 0 aliphatic carbocycles. The van der Waals surface area contributed by atoms with E-state index in [9.17, 15) is 8.78 Å². The van der Waals surface area contributed by atoms with Gasteiger partial charge in [0.1, 0.15) is 18.1 Å². The van der Waals surface area contributed by atoms with E-state index in [4.69, 9.17) is 23.2 Å². The van der Waals surface area contributed by atoms with Crippen molar-refractivity contribution in [1.82, 2.24) is 25.1 Å². The topological polar surface area (TPSA) is 58.5 Å². The van der Waals surface area contributed by atoms with Crippen molar-refractivity contribution in [3.63, 3.8) is 0 Å². The molecule has 0 spiro atoms. The molecule has 1 aliphatic heterocycles. The second-order valence-electron chi connectivity index (χ2n) is 8.02. The Kier molecular flexibility index (Phi) is 5.88. The van der Waals surface area contributed by atoms with Crippen molar-refractivity contribution in [3.05, 3.63) is 70.0 Å². The Balaban J connectivity index is 1.55. The highest BCUT2D eigenvalue weighted by atomic mass is 35.5. The Morgan fingerprint density at radius 1 is 1.16 bits per heavy atom. The molecule has 0 bridgehead atoms.